The minimum absolute atomic E-state index is 0.133. The maximum absolute atomic E-state index is 12.9. The van der Waals surface area contributed by atoms with Crippen LogP contribution >= 0.6 is 0 Å². The Bertz CT molecular complexity index is 1120. The van der Waals surface area contributed by atoms with E-state index in [4.69, 9.17) is 9.47 Å². The molecule has 0 N–H and O–H groups in total. The number of benzene rings is 3. The van der Waals surface area contributed by atoms with Gasteiger partial charge in [0.25, 0.3) is 0 Å². The molecule has 0 aromatic heterocycles. The fraction of sp³-hybridized carbons (Fsp3) is 0.367. The van der Waals surface area contributed by atoms with Crippen LogP contribution in [0.5, 0.6) is 11.5 Å². The van der Waals surface area contributed by atoms with Crippen LogP contribution in [0.15, 0.2) is 60.7 Å². The minimum Gasteiger partial charge on any atom is -0.462 e. The zero-order valence-electron chi connectivity index (χ0n) is 21.5. The first-order valence-corrected chi connectivity index (χ1v) is 12.8. The normalized spacial score (nSPS) is 12.4. The van der Waals surface area contributed by atoms with E-state index in [1.54, 1.807) is 0 Å². The van der Waals surface area contributed by atoms with E-state index < -0.39 is 0 Å². The molecule has 184 valence electrons. The van der Waals surface area contributed by atoms with Gasteiger partial charge in [-0.3, -0.25) is 0 Å². The average Bonchev–Trinajstić information content (AvgIpc) is 2.88. The number of hydrogen-bond acceptors (Lipinski definition) is 5. The summed E-state index contributed by atoms with van der Waals surface area (Å²) in [4.78, 5) is 17.5. The van der Waals surface area contributed by atoms with E-state index in [0.29, 0.717) is 12.2 Å². The fourth-order valence-corrected chi connectivity index (χ4v) is 5.04. The number of ether oxygens (including phenoxy) is 2. The fourth-order valence-electron chi connectivity index (χ4n) is 5.04. The van der Waals surface area contributed by atoms with Crippen molar-refractivity contribution in [2.45, 2.75) is 40.5 Å². The third kappa shape index (κ3) is 4.72. The predicted molar refractivity (Wildman–Crippen MR) is 143 cm³/mol. The van der Waals surface area contributed by atoms with Crippen LogP contribution in [-0.2, 0) is 4.74 Å². The number of nitrogens with zero attached hydrogens (tertiary/aromatic N) is 2. The van der Waals surface area contributed by atoms with Crippen molar-refractivity contribution in [2.75, 3.05) is 42.6 Å². The topological polar surface area (TPSA) is 42.0 Å². The standard InChI is InChI=1S/C30H36N2O3/c1-6-31(7-2)21-15-17-25-27(19-21)35-28-20-22(32(8-3)9-4)16-18-26(28)29(25)23-13-11-12-14-24(23)30(33)34-10-5/h11-20,29H,6-10H2,1-5H3. The molecule has 0 aliphatic carbocycles. The van der Waals surface area contributed by atoms with Crippen LogP contribution in [0.25, 0.3) is 0 Å². The van der Waals surface area contributed by atoms with Crippen LogP contribution < -0.4 is 14.5 Å². The van der Waals surface area contributed by atoms with Crippen molar-refractivity contribution >= 4 is 17.3 Å². The van der Waals surface area contributed by atoms with Crippen LogP contribution in [0.1, 0.15) is 67.6 Å². The Kier molecular flexibility index (Phi) is 7.64. The van der Waals surface area contributed by atoms with Gasteiger partial charge in [0.2, 0.25) is 0 Å². The summed E-state index contributed by atoms with van der Waals surface area (Å²) in [6.45, 7) is 14.5. The minimum atomic E-state index is -0.294. The Morgan fingerprint density at radius 2 is 1.26 bits per heavy atom. The molecule has 0 amide bonds. The molecule has 0 unspecified atom stereocenters. The maximum Gasteiger partial charge on any atom is 0.338 e. The highest BCUT2D eigenvalue weighted by Gasteiger charge is 2.32. The zero-order valence-corrected chi connectivity index (χ0v) is 21.5. The first kappa shape index (κ1) is 24.6. The number of esters is 1. The molecule has 3 aromatic rings. The van der Waals surface area contributed by atoms with Gasteiger partial charge in [0.15, 0.2) is 0 Å². The van der Waals surface area contributed by atoms with Crippen molar-refractivity contribution in [3.63, 3.8) is 0 Å². The van der Waals surface area contributed by atoms with E-state index in [9.17, 15) is 4.79 Å². The molecule has 0 fully saturated rings. The third-order valence-corrected chi connectivity index (χ3v) is 6.86. The molecule has 4 rings (SSSR count). The molecule has 3 aromatic carbocycles. The van der Waals surface area contributed by atoms with Gasteiger partial charge in [0.1, 0.15) is 11.5 Å². The summed E-state index contributed by atoms with van der Waals surface area (Å²) in [5.74, 6) is 1.24. The first-order valence-electron chi connectivity index (χ1n) is 12.8. The smallest absolute Gasteiger partial charge is 0.338 e. The van der Waals surface area contributed by atoms with Crippen molar-refractivity contribution < 1.29 is 14.3 Å². The van der Waals surface area contributed by atoms with Crippen molar-refractivity contribution in [1.82, 2.24) is 0 Å². The number of rotatable bonds is 9. The van der Waals surface area contributed by atoms with E-state index in [1.807, 2.05) is 31.2 Å². The summed E-state index contributed by atoms with van der Waals surface area (Å²) in [5.41, 5.74) is 5.91. The van der Waals surface area contributed by atoms with E-state index >= 15 is 0 Å². The zero-order chi connectivity index (χ0) is 24.9. The molecule has 5 nitrogen and oxygen atoms in total. The molecule has 0 saturated carbocycles. The average molecular weight is 473 g/mol. The van der Waals surface area contributed by atoms with Gasteiger partial charge in [-0.25, -0.2) is 4.79 Å². The van der Waals surface area contributed by atoms with Crippen LogP contribution in [0.2, 0.25) is 0 Å². The number of carbonyl (C=O) groups excluding carboxylic acids is 1. The first-order chi connectivity index (χ1) is 17.1. The second-order valence-electron chi connectivity index (χ2n) is 8.63. The molecule has 5 heteroatoms. The van der Waals surface area contributed by atoms with Crippen molar-refractivity contribution in [3.05, 3.63) is 82.9 Å². The summed E-state index contributed by atoms with van der Waals surface area (Å²) in [6, 6.07) is 20.7. The second-order valence-corrected chi connectivity index (χ2v) is 8.63. The maximum atomic E-state index is 12.9. The highest BCUT2D eigenvalue weighted by atomic mass is 16.5. The summed E-state index contributed by atoms with van der Waals surface area (Å²) in [5, 5.41) is 0. The quantitative estimate of drug-likeness (QED) is 0.249. The molecule has 1 aliphatic rings. The largest absolute Gasteiger partial charge is 0.462 e. The lowest BCUT2D eigenvalue weighted by Gasteiger charge is -2.32. The number of fused-ring (bicyclic) bond motifs is 2. The van der Waals surface area contributed by atoms with Gasteiger partial charge in [-0.15, -0.1) is 0 Å². The van der Waals surface area contributed by atoms with E-state index in [2.05, 4.69) is 73.9 Å². The summed E-state index contributed by atoms with van der Waals surface area (Å²) >= 11 is 0. The highest BCUT2D eigenvalue weighted by Crippen LogP contribution is 2.50. The van der Waals surface area contributed by atoms with Crippen LogP contribution in [0.3, 0.4) is 0 Å². The SMILES string of the molecule is CCOC(=O)c1ccccc1C1c2ccc(N(CC)CC)cc2Oc2cc(N(CC)CC)ccc21. The lowest BCUT2D eigenvalue weighted by Crippen LogP contribution is -2.23. The Morgan fingerprint density at radius 1 is 0.743 bits per heavy atom. The van der Waals surface area contributed by atoms with Gasteiger partial charge in [-0.05, 0) is 58.4 Å². The van der Waals surface area contributed by atoms with Gasteiger partial charge < -0.3 is 19.3 Å². The monoisotopic (exact) mass is 472 g/mol. The molecule has 0 bridgehead atoms. The summed E-state index contributed by atoms with van der Waals surface area (Å²) < 4.78 is 12.0. The lowest BCUT2D eigenvalue weighted by molar-refractivity contribution is 0.0525. The molecule has 35 heavy (non-hydrogen) atoms. The Balaban J connectivity index is 1.91. The molecule has 0 radical (unpaired) electrons. The van der Waals surface area contributed by atoms with Gasteiger partial charge >= 0.3 is 5.97 Å². The van der Waals surface area contributed by atoms with Crippen LogP contribution in [0, 0.1) is 0 Å². The number of carbonyl (C=O) groups is 1. The van der Waals surface area contributed by atoms with Gasteiger partial charge in [-0.2, -0.15) is 0 Å². The molecule has 0 spiro atoms. The predicted octanol–water partition coefficient (Wildman–Crippen LogP) is 6.84. The second kappa shape index (κ2) is 10.9. The van der Waals surface area contributed by atoms with Gasteiger partial charge in [0, 0.05) is 66.7 Å². The van der Waals surface area contributed by atoms with Crippen molar-refractivity contribution in [1.29, 1.82) is 0 Å². The summed E-state index contributed by atoms with van der Waals surface area (Å²) in [6.07, 6.45) is 0. The molecular weight excluding hydrogens is 436 g/mol. The third-order valence-electron chi connectivity index (χ3n) is 6.86. The van der Waals surface area contributed by atoms with Gasteiger partial charge in [-0.1, -0.05) is 30.3 Å². The van der Waals surface area contributed by atoms with E-state index in [-0.39, 0.29) is 11.9 Å². The number of anilines is 2. The molecular formula is C30H36N2O3. The molecule has 1 aliphatic heterocycles. The van der Waals surface area contributed by atoms with Gasteiger partial charge in [0.05, 0.1) is 12.2 Å². The van der Waals surface area contributed by atoms with Crippen molar-refractivity contribution in [2.24, 2.45) is 0 Å². The van der Waals surface area contributed by atoms with E-state index in [0.717, 1.165) is 65.7 Å². The van der Waals surface area contributed by atoms with E-state index in [1.165, 1.54) is 0 Å². The number of hydrogen-bond donors (Lipinski definition) is 0. The highest BCUT2D eigenvalue weighted by molar-refractivity contribution is 5.92. The van der Waals surface area contributed by atoms with Crippen molar-refractivity contribution in [3.8, 4) is 11.5 Å². The Labute approximate surface area is 209 Å². The summed E-state index contributed by atoms with van der Waals surface area (Å²) in [7, 11) is 0. The Hall–Kier alpha value is -3.47. The Morgan fingerprint density at radius 3 is 1.74 bits per heavy atom. The van der Waals surface area contributed by atoms with Crippen LogP contribution in [0.4, 0.5) is 11.4 Å². The lowest BCUT2D eigenvalue weighted by atomic mass is 9.80. The van der Waals surface area contributed by atoms with Crippen LogP contribution in [-0.4, -0.2) is 38.8 Å². The molecule has 1 heterocycles. The molecule has 0 atom stereocenters. The molecule has 0 saturated heterocycles.